The monoisotopic (exact) mass is 271 g/mol. The van der Waals surface area contributed by atoms with Crippen LogP contribution < -0.4 is 5.32 Å². The molecule has 0 aliphatic rings. The second kappa shape index (κ2) is 6.14. The fraction of sp³-hybridized carbons (Fsp3) is 0.267. The Hall–Kier alpha value is -2.43. The van der Waals surface area contributed by atoms with Gasteiger partial charge < -0.3 is 5.32 Å². The number of hydrogen-bond donors (Lipinski definition) is 1. The molecule has 1 N–H and O–H groups in total. The molecule has 0 fully saturated rings. The molecule has 1 aromatic carbocycles. The lowest BCUT2D eigenvalue weighted by Gasteiger charge is -2.18. The van der Waals surface area contributed by atoms with Crippen LogP contribution in [0, 0.1) is 17.0 Å². The molecule has 5 nitrogen and oxygen atoms in total. The van der Waals surface area contributed by atoms with Crippen LogP contribution in [0.1, 0.15) is 30.6 Å². The third kappa shape index (κ3) is 3.32. The Morgan fingerprint density at radius 3 is 2.80 bits per heavy atom. The van der Waals surface area contributed by atoms with Gasteiger partial charge in [0.1, 0.15) is 0 Å². The van der Waals surface area contributed by atoms with E-state index < -0.39 is 0 Å². The number of anilines is 1. The number of nitrogens with zero attached hydrogens (tertiary/aromatic N) is 2. The van der Waals surface area contributed by atoms with Crippen molar-refractivity contribution in [1.29, 1.82) is 0 Å². The van der Waals surface area contributed by atoms with Crippen LogP contribution in [0.2, 0.25) is 0 Å². The van der Waals surface area contributed by atoms with Crippen LogP contribution in [0.15, 0.2) is 42.6 Å². The first-order valence-corrected chi connectivity index (χ1v) is 6.53. The Morgan fingerprint density at radius 1 is 1.35 bits per heavy atom. The highest BCUT2D eigenvalue weighted by Gasteiger charge is 2.13. The lowest BCUT2D eigenvalue weighted by atomic mass is 10.0. The van der Waals surface area contributed by atoms with Crippen molar-refractivity contribution in [1.82, 2.24) is 4.98 Å². The van der Waals surface area contributed by atoms with Crippen molar-refractivity contribution in [3.63, 3.8) is 0 Å². The molecule has 0 radical (unpaired) electrons. The molecule has 1 heterocycles. The maximum atomic E-state index is 10.8. The fourth-order valence-electron chi connectivity index (χ4n) is 2.11. The average molecular weight is 271 g/mol. The van der Waals surface area contributed by atoms with Crippen molar-refractivity contribution >= 4 is 11.4 Å². The molecule has 1 aromatic heterocycles. The van der Waals surface area contributed by atoms with Crippen LogP contribution in [-0.4, -0.2) is 9.91 Å². The lowest BCUT2D eigenvalue weighted by molar-refractivity contribution is -0.384. The first-order valence-electron chi connectivity index (χ1n) is 6.53. The van der Waals surface area contributed by atoms with Gasteiger partial charge >= 0.3 is 0 Å². The van der Waals surface area contributed by atoms with Crippen LogP contribution in [0.25, 0.3) is 0 Å². The molecule has 1 unspecified atom stereocenters. The van der Waals surface area contributed by atoms with E-state index in [1.807, 2.05) is 32.0 Å². The van der Waals surface area contributed by atoms with E-state index in [0.717, 1.165) is 23.4 Å². The highest BCUT2D eigenvalue weighted by molar-refractivity contribution is 5.47. The molecule has 1 atom stereocenters. The standard InChI is InChI=1S/C15H17N3O2/c1-3-15(17-13-7-8-16-11(2)9-13)12-5-4-6-14(10-12)18(19)20/h4-10,15H,3H2,1-2H3,(H,16,17). The number of rotatable bonds is 5. The van der Waals surface area contributed by atoms with E-state index in [1.54, 1.807) is 18.3 Å². The molecule has 0 saturated heterocycles. The number of nitro groups is 1. The summed E-state index contributed by atoms with van der Waals surface area (Å²) in [5.74, 6) is 0. The molecule has 2 rings (SSSR count). The summed E-state index contributed by atoms with van der Waals surface area (Å²) in [5.41, 5.74) is 2.93. The molecule has 0 aliphatic heterocycles. The van der Waals surface area contributed by atoms with E-state index in [2.05, 4.69) is 10.3 Å². The van der Waals surface area contributed by atoms with Gasteiger partial charge in [-0.3, -0.25) is 15.1 Å². The van der Waals surface area contributed by atoms with E-state index in [0.29, 0.717) is 0 Å². The number of non-ortho nitro benzene ring substituents is 1. The lowest BCUT2D eigenvalue weighted by Crippen LogP contribution is -2.10. The van der Waals surface area contributed by atoms with Gasteiger partial charge in [0, 0.05) is 29.7 Å². The van der Waals surface area contributed by atoms with Crippen molar-refractivity contribution in [3.8, 4) is 0 Å². The van der Waals surface area contributed by atoms with Gasteiger partial charge in [-0.2, -0.15) is 0 Å². The Labute approximate surface area is 117 Å². The normalized spacial score (nSPS) is 11.9. The summed E-state index contributed by atoms with van der Waals surface area (Å²) in [6.07, 6.45) is 2.58. The smallest absolute Gasteiger partial charge is 0.269 e. The summed E-state index contributed by atoms with van der Waals surface area (Å²) in [6, 6.07) is 10.6. The molecule has 104 valence electrons. The van der Waals surface area contributed by atoms with Crippen molar-refractivity contribution in [2.45, 2.75) is 26.3 Å². The molecule has 0 spiro atoms. The highest BCUT2D eigenvalue weighted by atomic mass is 16.6. The van der Waals surface area contributed by atoms with Gasteiger partial charge in [0.2, 0.25) is 0 Å². The van der Waals surface area contributed by atoms with E-state index >= 15 is 0 Å². The largest absolute Gasteiger partial charge is 0.378 e. The van der Waals surface area contributed by atoms with Crippen LogP contribution >= 0.6 is 0 Å². The minimum Gasteiger partial charge on any atom is -0.378 e. The topological polar surface area (TPSA) is 68.1 Å². The molecule has 2 aromatic rings. The van der Waals surface area contributed by atoms with E-state index in [4.69, 9.17) is 0 Å². The molecular formula is C15H17N3O2. The minimum atomic E-state index is -0.368. The number of aromatic nitrogens is 1. The van der Waals surface area contributed by atoms with Gasteiger partial charge in [-0.1, -0.05) is 19.1 Å². The summed E-state index contributed by atoms with van der Waals surface area (Å²) in [4.78, 5) is 14.6. The van der Waals surface area contributed by atoms with Gasteiger partial charge in [0.15, 0.2) is 0 Å². The molecular weight excluding hydrogens is 254 g/mol. The maximum absolute atomic E-state index is 10.8. The summed E-state index contributed by atoms with van der Waals surface area (Å²) < 4.78 is 0. The van der Waals surface area contributed by atoms with E-state index in [-0.39, 0.29) is 16.7 Å². The number of benzene rings is 1. The maximum Gasteiger partial charge on any atom is 0.269 e. The Bertz CT molecular complexity index is 614. The van der Waals surface area contributed by atoms with Gasteiger partial charge in [-0.25, -0.2) is 0 Å². The van der Waals surface area contributed by atoms with Crippen LogP contribution in [0.4, 0.5) is 11.4 Å². The van der Waals surface area contributed by atoms with Gasteiger partial charge in [-0.05, 0) is 31.0 Å². The number of aryl methyl sites for hydroxylation is 1. The SMILES string of the molecule is CCC(Nc1ccnc(C)c1)c1cccc([N+](=O)[O-])c1. The van der Waals surface area contributed by atoms with Crippen molar-refractivity contribution in [2.24, 2.45) is 0 Å². The Balaban J connectivity index is 2.24. The predicted octanol–water partition coefficient (Wildman–Crippen LogP) is 3.86. The second-order valence-corrected chi connectivity index (χ2v) is 4.64. The molecule has 0 aliphatic carbocycles. The van der Waals surface area contributed by atoms with Crippen molar-refractivity contribution in [3.05, 3.63) is 64.0 Å². The zero-order chi connectivity index (χ0) is 14.5. The molecule has 0 bridgehead atoms. The molecule has 0 saturated carbocycles. The van der Waals surface area contributed by atoms with Gasteiger partial charge in [0.05, 0.1) is 11.0 Å². The van der Waals surface area contributed by atoms with E-state index in [9.17, 15) is 10.1 Å². The second-order valence-electron chi connectivity index (χ2n) is 4.64. The third-order valence-corrected chi connectivity index (χ3v) is 3.13. The Kier molecular flexibility index (Phi) is 4.30. The predicted molar refractivity (Wildman–Crippen MR) is 78.7 cm³/mol. The first kappa shape index (κ1) is 14.0. The Morgan fingerprint density at radius 2 is 2.15 bits per heavy atom. The summed E-state index contributed by atoms with van der Waals surface area (Å²) >= 11 is 0. The van der Waals surface area contributed by atoms with Crippen molar-refractivity contribution < 1.29 is 4.92 Å². The number of nitrogens with one attached hydrogen (secondary N) is 1. The zero-order valence-electron chi connectivity index (χ0n) is 11.5. The summed E-state index contributed by atoms with van der Waals surface area (Å²) in [6.45, 7) is 3.98. The molecule has 20 heavy (non-hydrogen) atoms. The zero-order valence-corrected chi connectivity index (χ0v) is 11.5. The third-order valence-electron chi connectivity index (χ3n) is 3.13. The fourth-order valence-corrected chi connectivity index (χ4v) is 2.11. The van der Waals surface area contributed by atoms with Gasteiger partial charge in [0.25, 0.3) is 5.69 Å². The molecule has 0 amide bonds. The minimum absolute atomic E-state index is 0.0386. The average Bonchev–Trinajstić information content (AvgIpc) is 2.45. The number of hydrogen-bond acceptors (Lipinski definition) is 4. The van der Waals surface area contributed by atoms with E-state index in [1.165, 1.54) is 6.07 Å². The first-order chi connectivity index (χ1) is 9.60. The number of nitro benzene ring substituents is 1. The van der Waals surface area contributed by atoms with Gasteiger partial charge in [-0.15, -0.1) is 0 Å². The summed E-state index contributed by atoms with van der Waals surface area (Å²) in [5, 5.41) is 14.2. The summed E-state index contributed by atoms with van der Waals surface area (Å²) in [7, 11) is 0. The van der Waals surface area contributed by atoms with Crippen LogP contribution in [0.5, 0.6) is 0 Å². The quantitative estimate of drug-likeness (QED) is 0.662. The van der Waals surface area contributed by atoms with Crippen molar-refractivity contribution in [2.75, 3.05) is 5.32 Å². The highest BCUT2D eigenvalue weighted by Crippen LogP contribution is 2.25. The van der Waals surface area contributed by atoms with Crippen LogP contribution in [-0.2, 0) is 0 Å². The number of pyridine rings is 1. The molecule has 5 heteroatoms. The van der Waals surface area contributed by atoms with Crippen LogP contribution in [0.3, 0.4) is 0 Å².